The molecule has 1 saturated carbocycles. The lowest BCUT2D eigenvalue weighted by Crippen LogP contribution is -2.38. The second-order valence-corrected chi connectivity index (χ2v) is 7.26. The molecule has 22 heavy (non-hydrogen) atoms. The number of nitrogens with zero attached hydrogens (tertiary/aromatic N) is 2. The van der Waals surface area contributed by atoms with Gasteiger partial charge in [-0.1, -0.05) is 18.7 Å². The van der Waals surface area contributed by atoms with E-state index < -0.39 is 0 Å². The normalized spacial score (nSPS) is 28.7. The maximum atomic E-state index is 12.0. The van der Waals surface area contributed by atoms with Gasteiger partial charge in [-0.15, -0.1) is 5.10 Å². The molecule has 2 fully saturated rings. The number of H-pyrrole nitrogens is 1. The van der Waals surface area contributed by atoms with Crippen LogP contribution in [-0.4, -0.2) is 39.5 Å². The summed E-state index contributed by atoms with van der Waals surface area (Å²) in [6.45, 7) is 3.07. The van der Waals surface area contributed by atoms with Crippen LogP contribution < -0.4 is 5.32 Å². The van der Waals surface area contributed by atoms with Crippen molar-refractivity contribution in [1.82, 2.24) is 20.5 Å². The second kappa shape index (κ2) is 7.46. The van der Waals surface area contributed by atoms with E-state index in [9.17, 15) is 4.79 Å². The number of aromatic amines is 1. The van der Waals surface area contributed by atoms with Gasteiger partial charge in [-0.25, -0.2) is 4.98 Å². The van der Waals surface area contributed by atoms with Gasteiger partial charge < -0.3 is 10.1 Å². The summed E-state index contributed by atoms with van der Waals surface area (Å²) >= 11 is 1.38. The van der Waals surface area contributed by atoms with Crippen LogP contribution in [0.3, 0.4) is 0 Å². The average Bonchev–Trinajstić information content (AvgIpc) is 3.18. The monoisotopic (exact) mass is 324 g/mol. The summed E-state index contributed by atoms with van der Waals surface area (Å²) in [6.07, 6.45) is 6.71. The number of nitrogens with one attached hydrogen (secondary N) is 2. The Morgan fingerprint density at radius 2 is 2.18 bits per heavy atom. The van der Waals surface area contributed by atoms with Crippen LogP contribution in [-0.2, 0) is 9.53 Å². The molecule has 6 nitrogen and oxygen atoms in total. The van der Waals surface area contributed by atoms with Crippen LogP contribution in [0.25, 0.3) is 0 Å². The zero-order valence-corrected chi connectivity index (χ0v) is 13.8. The molecule has 3 rings (SSSR count). The highest BCUT2D eigenvalue weighted by molar-refractivity contribution is 7.99. The minimum absolute atomic E-state index is 0.0416. The van der Waals surface area contributed by atoms with E-state index in [0.717, 1.165) is 44.0 Å². The van der Waals surface area contributed by atoms with Crippen LogP contribution in [0.4, 0.5) is 0 Å². The van der Waals surface area contributed by atoms with Crippen molar-refractivity contribution in [3.05, 3.63) is 5.82 Å². The van der Waals surface area contributed by atoms with Gasteiger partial charge in [0.1, 0.15) is 6.10 Å². The highest BCUT2D eigenvalue weighted by Crippen LogP contribution is 2.27. The zero-order chi connectivity index (χ0) is 15.4. The van der Waals surface area contributed by atoms with Crippen LogP contribution >= 0.6 is 11.8 Å². The van der Waals surface area contributed by atoms with Gasteiger partial charge in [-0.05, 0) is 44.4 Å². The molecule has 2 aliphatic rings. The van der Waals surface area contributed by atoms with Crippen molar-refractivity contribution in [3.8, 4) is 0 Å². The summed E-state index contributed by atoms with van der Waals surface area (Å²) in [5.41, 5.74) is 0. The van der Waals surface area contributed by atoms with Crippen molar-refractivity contribution in [1.29, 1.82) is 0 Å². The molecular formula is C15H24N4O2S. The first-order valence-electron chi connectivity index (χ1n) is 8.17. The van der Waals surface area contributed by atoms with Crippen molar-refractivity contribution >= 4 is 17.7 Å². The van der Waals surface area contributed by atoms with Gasteiger partial charge in [0, 0.05) is 12.6 Å². The number of rotatable bonds is 5. The molecule has 0 spiro atoms. The Labute approximate surface area is 135 Å². The highest BCUT2D eigenvalue weighted by Gasteiger charge is 2.22. The lowest BCUT2D eigenvalue weighted by atomic mass is 9.87. The average molecular weight is 324 g/mol. The van der Waals surface area contributed by atoms with Gasteiger partial charge in [0.2, 0.25) is 11.1 Å². The molecule has 0 unspecified atom stereocenters. The molecule has 0 aromatic carbocycles. The number of carbonyl (C=O) groups is 1. The molecule has 2 N–H and O–H groups in total. The molecule has 1 atom stereocenters. The number of hydrogen-bond donors (Lipinski definition) is 2. The quantitative estimate of drug-likeness (QED) is 0.813. The molecular weight excluding hydrogens is 300 g/mol. The number of hydrogen-bond acceptors (Lipinski definition) is 5. The summed E-state index contributed by atoms with van der Waals surface area (Å²) < 4.78 is 5.56. The predicted octanol–water partition coefficient (Wildman–Crippen LogP) is 2.44. The van der Waals surface area contributed by atoms with Gasteiger partial charge in [-0.3, -0.25) is 9.89 Å². The van der Waals surface area contributed by atoms with Crippen LogP contribution in [0.5, 0.6) is 0 Å². The van der Waals surface area contributed by atoms with Crippen molar-refractivity contribution in [3.63, 3.8) is 0 Å². The Kier molecular flexibility index (Phi) is 5.36. The zero-order valence-electron chi connectivity index (χ0n) is 13.0. The molecule has 1 saturated heterocycles. The number of carbonyl (C=O) groups excluding carboxylic acids is 1. The Bertz CT molecular complexity index is 493. The van der Waals surface area contributed by atoms with Gasteiger partial charge in [0.15, 0.2) is 5.82 Å². The molecule has 1 aliphatic heterocycles. The summed E-state index contributed by atoms with van der Waals surface area (Å²) in [6, 6.07) is 0.346. The van der Waals surface area contributed by atoms with Gasteiger partial charge in [-0.2, -0.15) is 0 Å². The first-order valence-corrected chi connectivity index (χ1v) is 9.15. The lowest BCUT2D eigenvalue weighted by Gasteiger charge is -2.26. The third-order valence-electron chi connectivity index (χ3n) is 4.43. The van der Waals surface area contributed by atoms with Crippen LogP contribution in [0, 0.1) is 5.92 Å². The Morgan fingerprint density at radius 3 is 2.91 bits per heavy atom. The van der Waals surface area contributed by atoms with Crippen LogP contribution in [0.1, 0.15) is 57.4 Å². The van der Waals surface area contributed by atoms with E-state index in [2.05, 4.69) is 27.4 Å². The summed E-state index contributed by atoms with van der Waals surface area (Å²) in [7, 11) is 0. The Hall–Kier alpha value is -1.08. The van der Waals surface area contributed by atoms with E-state index in [0.29, 0.717) is 17.0 Å². The predicted molar refractivity (Wildman–Crippen MR) is 84.6 cm³/mol. The van der Waals surface area contributed by atoms with Gasteiger partial charge >= 0.3 is 0 Å². The largest absolute Gasteiger partial charge is 0.370 e. The van der Waals surface area contributed by atoms with E-state index in [1.807, 2.05) is 0 Å². The highest BCUT2D eigenvalue weighted by atomic mass is 32.2. The fraction of sp³-hybridized carbons (Fsp3) is 0.800. The fourth-order valence-electron chi connectivity index (χ4n) is 3.06. The number of amides is 1. The smallest absolute Gasteiger partial charge is 0.230 e. The Balaban J connectivity index is 1.41. The maximum absolute atomic E-state index is 12.0. The van der Waals surface area contributed by atoms with E-state index in [1.165, 1.54) is 24.6 Å². The summed E-state index contributed by atoms with van der Waals surface area (Å²) in [5.74, 6) is 2.02. The maximum Gasteiger partial charge on any atom is 0.230 e. The van der Waals surface area contributed by atoms with Gasteiger partial charge in [0.25, 0.3) is 0 Å². The first-order chi connectivity index (χ1) is 10.7. The third-order valence-corrected chi connectivity index (χ3v) is 5.28. The van der Waals surface area contributed by atoms with Crippen LogP contribution in [0.2, 0.25) is 0 Å². The Morgan fingerprint density at radius 1 is 1.36 bits per heavy atom. The molecule has 1 aliphatic carbocycles. The molecule has 1 aromatic heterocycles. The van der Waals surface area contributed by atoms with E-state index in [-0.39, 0.29) is 12.0 Å². The minimum Gasteiger partial charge on any atom is -0.370 e. The topological polar surface area (TPSA) is 79.9 Å². The molecule has 1 aromatic rings. The molecule has 0 bridgehead atoms. The van der Waals surface area contributed by atoms with E-state index in [4.69, 9.17) is 4.74 Å². The van der Waals surface area contributed by atoms with Crippen molar-refractivity contribution in [2.45, 2.75) is 62.8 Å². The first kappa shape index (κ1) is 15.8. The van der Waals surface area contributed by atoms with Crippen molar-refractivity contribution in [2.24, 2.45) is 5.92 Å². The number of aromatic nitrogens is 3. The minimum atomic E-state index is 0.0416. The molecule has 1 amide bonds. The molecule has 2 heterocycles. The number of ether oxygens (including phenoxy) is 1. The molecule has 122 valence electrons. The van der Waals surface area contributed by atoms with Crippen LogP contribution in [0.15, 0.2) is 5.16 Å². The number of thioether (sulfide) groups is 1. The van der Waals surface area contributed by atoms with E-state index >= 15 is 0 Å². The lowest BCUT2D eigenvalue weighted by molar-refractivity contribution is -0.119. The fourth-order valence-corrected chi connectivity index (χ4v) is 3.68. The molecule has 7 heteroatoms. The van der Waals surface area contributed by atoms with Gasteiger partial charge in [0.05, 0.1) is 5.75 Å². The van der Waals surface area contributed by atoms with Crippen molar-refractivity contribution in [2.75, 3.05) is 12.4 Å². The summed E-state index contributed by atoms with van der Waals surface area (Å²) in [5, 5.41) is 10.8. The standard InChI is InChI=1S/C15H24N4O2S/c1-10-4-6-11(7-5-10)16-13(20)9-22-15-17-14(18-19-15)12-3-2-8-21-12/h10-12H,2-9H2,1H3,(H,16,20)(H,17,18,19)/t10?,11?,12-/m0/s1. The summed E-state index contributed by atoms with van der Waals surface area (Å²) in [4.78, 5) is 16.4. The van der Waals surface area contributed by atoms with E-state index in [1.54, 1.807) is 0 Å². The SMILES string of the molecule is CC1CCC(NC(=O)CSc2n[nH]c([C@@H]3CCCO3)n2)CC1. The second-order valence-electron chi connectivity index (χ2n) is 6.32. The van der Waals surface area contributed by atoms with Crippen molar-refractivity contribution < 1.29 is 9.53 Å². The molecule has 0 radical (unpaired) electrons. The third kappa shape index (κ3) is 4.23.